The van der Waals surface area contributed by atoms with E-state index in [0.717, 1.165) is 45.7 Å². The van der Waals surface area contributed by atoms with E-state index in [1.54, 1.807) is 6.92 Å². The highest BCUT2D eigenvalue weighted by atomic mass is 16.5. The number of Topliss-reactive ketones (excluding diaryl/α,β-unsaturated/α-hetero) is 1. The van der Waals surface area contributed by atoms with Gasteiger partial charge in [-0.2, -0.15) is 0 Å². The number of hydrogen-bond acceptors (Lipinski definition) is 3. The van der Waals surface area contributed by atoms with Gasteiger partial charge in [-0.1, -0.05) is 54.6 Å². The molecule has 0 aliphatic carbocycles. The lowest BCUT2D eigenvalue weighted by Gasteiger charge is -2.42. The van der Waals surface area contributed by atoms with Crippen molar-refractivity contribution in [1.29, 1.82) is 0 Å². The molecule has 3 heteroatoms. The van der Waals surface area contributed by atoms with Crippen LogP contribution in [0.3, 0.4) is 0 Å². The summed E-state index contributed by atoms with van der Waals surface area (Å²) in [6.45, 7) is 8.72. The Morgan fingerprint density at radius 3 is 2.20 bits per heavy atom. The van der Waals surface area contributed by atoms with Crippen molar-refractivity contribution in [3.8, 4) is 0 Å². The van der Waals surface area contributed by atoms with Crippen LogP contribution in [0.4, 0.5) is 0 Å². The van der Waals surface area contributed by atoms with Gasteiger partial charge in [0.25, 0.3) is 0 Å². The van der Waals surface area contributed by atoms with Gasteiger partial charge in [0.1, 0.15) is 5.78 Å². The Morgan fingerprint density at radius 2 is 1.57 bits per heavy atom. The maximum Gasteiger partial charge on any atom is 0.130 e. The third kappa shape index (κ3) is 7.07. The Bertz CT molecular complexity index is 761. The fraction of sp³-hybridized carbons (Fsp3) is 0.519. The Kier molecular flexibility index (Phi) is 8.65. The van der Waals surface area contributed by atoms with E-state index in [1.165, 1.54) is 36.0 Å². The maximum absolute atomic E-state index is 11.2. The minimum Gasteiger partial charge on any atom is -0.381 e. The Balaban J connectivity index is 1.51. The average Bonchev–Trinajstić information content (AvgIpc) is 2.78. The quantitative estimate of drug-likeness (QED) is 0.495. The van der Waals surface area contributed by atoms with E-state index in [9.17, 15) is 4.79 Å². The first-order valence-corrected chi connectivity index (χ1v) is 11.5. The molecule has 0 aromatic heterocycles. The maximum atomic E-state index is 11.2. The van der Waals surface area contributed by atoms with E-state index in [2.05, 4.69) is 66.4 Å². The Hall–Kier alpha value is -1.97. The van der Waals surface area contributed by atoms with E-state index in [-0.39, 0.29) is 5.78 Å². The molecule has 1 saturated heterocycles. The smallest absolute Gasteiger partial charge is 0.130 e. The molecule has 0 saturated carbocycles. The highest BCUT2D eigenvalue weighted by Gasteiger charge is 2.34. The molecule has 30 heavy (non-hydrogen) atoms. The van der Waals surface area contributed by atoms with Crippen molar-refractivity contribution in [3.05, 3.63) is 71.3 Å². The van der Waals surface area contributed by atoms with Crippen molar-refractivity contribution in [2.24, 2.45) is 5.41 Å². The fourth-order valence-electron chi connectivity index (χ4n) is 4.41. The number of carbonyl (C=O) groups excluding carboxylic acids is 1. The van der Waals surface area contributed by atoms with Gasteiger partial charge in [0, 0.05) is 19.6 Å². The van der Waals surface area contributed by atoms with Crippen LogP contribution in [-0.2, 0) is 28.9 Å². The summed E-state index contributed by atoms with van der Waals surface area (Å²) >= 11 is 0. The minimum absolute atomic E-state index is 0.259. The van der Waals surface area contributed by atoms with Crippen LogP contribution >= 0.6 is 0 Å². The van der Waals surface area contributed by atoms with Crippen LogP contribution < -0.4 is 0 Å². The van der Waals surface area contributed by atoms with Crippen molar-refractivity contribution in [2.75, 3.05) is 26.3 Å². The van der Waals surface area contributed by atoms with E-state index >= 15 is 0 Å². The number of carbonyl (C=O) groups is 1. The molecule has 0 unspecified atom stereocenters. The van der Waals surface area contributed by atoms with Gasteiger partial charge in [-0.15, -0.1) is 0 Å². The van der Waals surface area contributed by atoms with E-state index < -0.39 is 0 Å². The van der Waals surface area contributed by atoms with Crippen LogP contribution in [0.2, 0.25) is 0 Å². The zero-order valence-electron chi connectivity index (χ0n) is 18.7. The van der Waals surface area contributed by atoms with Gasteiger partial charge in [0.15, 0.2) is 0 Å². The number of nitrogens with zero attached hydrogens (tertiary/aromatic N) is 1. The molecule has 0 bridgehead atoms. The summed E-state index contributed by atoms with van der Waals surface area (Å²) in [6, 6.07) is 19.7. The lowest BCUT2D eigenvalue weighted by atomic mass is 9.74. The summed E-state index contributed by atoms with van der Waals surface area (Å²) in [6.07, 6.45) is 6.23. The molecule has 2 aromatic rings. The highest BCUT2D eigenvalue weighted by Crippen LogP contribution is 2.37. The molecule has 0 amide bonds. The van der Waals surface area contributed by atoms with Gasteiger partial charge in [0.2, 0.25) is 0 Å². The number of piperidine rings is 1. The molecule has 1 fully saturated rings. The van der Waals surface area contributed by atoms with Crippen molar-refractivity contribution in [2.45, 2.75) is 58.9 Å². The lowest BCUT2D eigenvalue weighted by molar-refractivity contribution is -0.116. The fourth-order valence-corrected chi connectivity index (χ4v) is 4.41. The van der Waals surface area contributed by atoms with Crippen LogP contribution in [0.1, 0.15) is 56.2 Å². The lowest BCUT2D eigenvalue weighted by Crippen LogP contribution is -2.42. The second-order valence-electron chi connectivity index (χ2n) is 8.92. The molecule has 1 aliphatic heterocycles. The molecule has 0 atom stereocenters. The second kappa shape index (κ2) is 11.4. The largest absolute Gasteiger partial charge is 0.381 e. The summed E-state index contributed by atoms with van der Waals surface area (Å²) in [5.41, 5.74) is 4.35. The van der Waals surface area contributed by atoms with Crippen molar-refractivity contribution < 1.29 is 9.53 Å². The number of aryl methyl sites for hydroxylation is 2. The number of rotatable bonds is 11. The molecular weight excluding hydrogens is 370 g/mol. The van der Waals surface area contributed by atoms with Crippen molar-refractivity contribution in [3.63, 3.8) is 0 Å². The van der Waals surface area contributed by atoms with Crippen LogP contribution in [0.25, 0.3) is 0 Å². The van der Waals surface area contributed by atoms with Gasteiger partial charge < -0.3 is 9.53 Å². The van der Waals surface area contributed by atoms with Crippen LogP contribution in [0.5, 0.6) is 0 Å². The third-order valence-electron chi connectivity index (χ3n) is 6.51. The monoisotopic (exact) mass is 407 g/mol. The second-order valence-corrected chi connectivity index (χ2v) is 8.92. The number of ether oxygens (including phenoxy) is 1. The predicted molar refractivity (Wildman–Crippen MR) is 124 cm³/mol. The molecule has 0 spiro atoms. The van der Waals surface area contributed by atoms with Crippen molar-refractivity contribution >= 4 is 5.78 Å². The third-order valence-corrected chi connectivity index (χ3v) is 6.51. The summed E-state index contributed by atoms with van der Waals surface area (Å²) in [7, 11) is 0. The van der Waals surface area contributed by atoms with Gasteiger partial charge >= 0.3 is 0 Å². The summed E-state index contributed by atoms with van der Waals surface area (Å²) in [5, 5.41) is 0. The van der Waals surface area contributed by atoms with Gasteiger partial charge in [-0.3, -0.25) is 4.90 Å². The first-order valence-electron chi connectivity index (χ1n) is 11.5. The molecule has 2 aromatic carbocycles. The Morgan fingerprint density at radius 1 is 0.933 bits per heavy atom. The van der Waals surface area contributed by atoms with Gasteiger partial charge in [0.05, 0.1) is 6.61 Å². The van der Waals surface area contributed by atoms with Crippen molar-refractivity contribution in [1.82, 2.24) is 4.90 Å². The normalized spacial score (nSPS) is 16.5. The molecule has 0 radical (unpaired) electrons. The molecule has 0 N–H and O–H groups in total. The first kappa shape index (κ1) is 22.7. The topological polar surface area (TPSA) is 29.5 Å². The molecule has 162 valence electrons. The standard InChI is InChI=1S/C27H37NO2/c1-3-30-22-27(16-15-24-7-5-4-6-8-24)17-19-28(20-18-27)21-26-13-11-25(12-14-26)10-9-23(2)29/h4-8,11-14H,3,9-10,15-22H2,1-2H3. The number of likely N-dealkylation sites (tertiary alicyclic amines) is 1. The first-order chi connectivity index (χ1) is 14.6. The molecule has 3 rings (SSSR count). The van der Waals surface area contributed by atoms with E-state index in [4.69, 9.17) is 4.74 Å². The van der Waals surface area contributed by atoms with Gasteiger partial charge in [-0.25, -0.2) is 0 Å². The van der Waals surface area contributed by atoms with Crippen LogP contribution in [0, 0.1) is 5.41 Å². The number of ketones is 1. The Labute approximate surface area is 182 Å². The average molecular weight is 408 g/mol. The molecule has 1 aliphatic rings. The highest BCUT2D eigenvalue weighted by molar-refractivity contribution is 5.75. The molecule has 1 heterocycles. The van der Waals surface area contributed by atoms with Crippen LogP contribution in [0.15, 0.2) is 54.6 Å². The molecular formula is C27H37NO2. The summed E-state index contributed by atoms with van der Waals surface area (Å²) < 4.78 is 5.93. The zero-order chi connectivity index (χ0) is 21.2. The number of hydrogen-bond donors (Lipinski definition) is 0. The van der Waals surface area contributed by atoms with Crippen LogP contribution in [-0.4, -0.2) is 37.0 Å². The van der Waals surface area contributed by atoms with E-state index in [1.807, 2.05) is 0 Å². The molecule has 3 nitrogen and oxygen atoms in total. The minimum atomic E-state index is 0.259. The predicted octanol–water partition coefficient (Wildman–Crippen LogP) is 5.46. The summed E-state index contributed by atoms with van der Waals surface area (Å²) in [4.78, 5) is 13.8. The zero-order valence-corrected chi connectivity index (χ0v) is 18.7. The SMILES string of the molecule is CCOCC1(CCc2ccccc2)CCN(Cc2ccc(CCC(C)=O)cc2)CC1. The van der Waals surface area contributed by atoms with E-state index in [0.29, 0.717) is 11.8 Å². The van der Waals surface area contributed by atoms with Gasteiger partial charge in [-0.05, 0) is 81.1 Å². The summed E-state index contributed by atoms with van der Waals surface area (Å²) in [5.74, 6) is 0.259. The number of benzene rings is 2.